The van der Waals surface area contributed by atoms with Gasteiger partial charge in [-0.05, 0) is 33.8 Å². The first-order valence-electron chi connectivity index (χ1n) is 5.09. The summed E-state index contributed by atoms with van der Waals surface area (Å²) in [5, 5.41) is 8.74. The van der Waals surface area contributed by atoms with Gasteiger partial charge in [0.05, 0.1) is 10.5 Å². The molecule has 0 fully saturated rings. The van der Waals surface area contributed by atoms with Crippen molar-refractivity contribution < 1.29 is 22.7 Å². The second-order valence-electron chi connectivity index (χ2n) is 4.87. The standard InChI is InChI=1S/C11H16O5S/c1-7-8(5-9(16-7)10(12)13)6-17(14,15)11(2,3)4/h5H,6H2,1-4H3,(H,12,13). The lowest BCUT2D eigenvalue weighted by molar-refractivity contribution is 0.0661. The Balaban J connectivity index is 3.09. The van der Waals surface area contributed by atoms with Gasteiger partial charge in [0.25, 0.3) is 0 Å². The lowest BCUT2D eigenvalue weighted by Crippen LogP contribution is -2.29. The number of carboxylic acids is 1. The molecule has 0 atom stereocenters. The minimum absolute atomic E-state index is 0.209. The maximum Gasteiger partial charge on any atom is 0.371 e. The number of carboxylic acid groups (broad SMARTS) is 1. The van der Waals surface area contributed by atoms with Crippen LogP contribution >= 0.6 is 0 Å². The second-order valence-corrected chi connectivity index (χ2v) is 7.61. The van der Waals surface area contributed by atoms with Gasteiger partial charge in [0.2, 0.25) is 5.76 Å². The molecular formula is C11H16O5S. The van der Waals surface area contributed by atoms with Crippen LogP contribution in [0.1, 0.15) is 42.6 Å². The zero-order valence-electron chi connectivity index (χ0n) is 10.3. The van der Waals surface area contributed by atoms with Gasteiger partial charge in [-0.25, -0.2) is 13.2 Å². The zero-order chi connectivity index (χ0) is 13.4. The van der Waals surface area contributed by atoms with Gasteiger partial charge in [0, 0.05) is 5.56 Å². The third-order valence-corrected chi connectivity index (χ3v) is 5.07. The number of rotatable bonds is 3. The van der Waals surface area contributed by atoms with Crippen LogP contribution < -0.4 is 0 Å². The highest BCUT2D eigenvalue weighted by Crippen LogP contribution is 2.24. The van der Waals surface area contributed by atoms with E-state index < -0.39 is 20.6 Å². The number of aryl methyl sites for hydroxylation is 1. The summed E-state index contributed by atoms with van der Waals surface area (Å²) in [6.45, 7) is 6.38. The fraction of sp³-hybridized carbons (Fsp3) is 0.545. The molecule has 0 saturated carbocycles. The average molecular weight is 260 g/mol. The van der Waals surface area contributed by atoms with Gasteiger partial charge in [0.1, 0.15) is 5.76 Å². The molecule has 96 valence electrons. The monoisotopic (exact) mass is 260 g/mol. The molecule has 1 N–H and O–H groups in total. The van der Waals surface area contributed by atoms with Crippen LogP contribution in [-0.2, 0) is 15.6 Å². The van der Waals surface area contributed by atoms with Crippen molar-refractivity contribution in [1.82, 2.24) is 0 Å². The number of hydrogen-bond donors (Lipinski definition) is 1. The fourth-order valence-electron chi connectivity index (χ4n) is 1.19. The smallest absolute Gasteiger partial charge is 0.371 e. The van der Waals surface area contributed by atoms with E-state index >= 15 is 0 Å². The first kappa shape index (κ1) is 13.8. The molecule has 0 bridgehead atoms. The van der Waals surface area contributed by atoms with Crippen molar-refractivity contribution >= 4 is 15.8 Å². The van der Waals surface area contributed by atoms with E-state index in [9.17, 15) is 13.2 Å². The Hall–Kier alpha value is -1.30. The van der Waals surface area contributed by atoms with Gasteiger partial charge < -0.3 is 9.52 Å². The van der Waals surface area contributed by atoms with Crippen LogP contribution in [0.25, 0.3) is 0 Å². The Labute approximate surface area is 100 Å². The summed E-state index contributed by atoms with van der Waals surface area (Å²) in [6.07, 6.45) is 0. The molecule has 0 amide bonds. The SMILES string of the molecule is Cc1oc(C(=O)O)cc1CS(=O)(=O)C(C)(C)C. The topological polar surface area (TPSA) is 84.6 Å². The number of hydrogen-bond acceptors (Lipinski definition) is 4. The molecule has 0 aliphatic rings. The van der Waals surface area contributed by atoms with E-state index in [1.807, 2.05) is 0 Å². The summed E-state index contributed by atoms with van der Waals surface area (Å²) >= 11 is 0. The molecule has 0 aliphatic heterocycles. The number of sulfone groups is 1. The Kier molecular flexibility index (Phi) is 3.38. The fourth-order valence-corrected chi connectivity index (χ4v) is 2.32. The molecule has 1 aromatic rings. The predicted octanol–water partition coefficient (Wildman–Crippen LogP) is 2.00. The molecule has 6 heteroatoms. The highest BCUT2D eigenvalue weighted by atomic mass is 32.2. The van der Waals surface area contributed by atoms with Gasteiger partial charge in [-0.1, -0.05) is 0 Å². The number of aromatic carboxylic acids is 1. The van der Waals surface area contributed by atoms with Crippen LogP contribution in [0.5, 0.6) is 0 Å². The van der Waals surface area contributed by atoms with Gasteiger partial charge in [0.15, 0.2) is 9.84 Å². The van der Waals surface area contributed by atoms with Crippen LogP contribution in [0.3, 0.4) is 0 Å². The highest BCUT2D eigenvalue weighted by molar-refractivity contribution is 7.91. The molecular weight excluding hydrogens is 244 g/mol. The van der Waals surface area contributed by atoms with Crippen LogP contribution in [0.15, 0.2) is 10.5 Å². The van der Waals surface area contributed by atoms with E-state index in [0.29, 0.717) is 11.3 Å². The predicted molar refractivity (Wildman–Crippen MR) is 62.8 cm³/mol. The second kappa shape index (κ2) is 4.18. The third-order valence-electron chi connectivity index (χ3n) is 2.51. The summed E-state index contributed by atoms with van der Waals surface area (Å²) in [5.74, 6) is -1.32. The summed E-state index contributed by atoms with van der Waals surface area (Å²) in [5.41, 5.74) is 0.400. The van der Waals surface area contributed by atoms with Gasteiger partial charge in [-0.2, -0.15) is 0 Å². The highest BCUT2D eigenvalue weighted by Gasteiger charge is 2.30. The van der Waals surface area contributed by atoms with E-state index in [0.717, 1.165) is 0 Å². The van der Waals surface area contributed by atoms with Crippen LogP contribution in [0.4, 0.5) is 0 Å². The van der Waals surface area contributed by atoms with Crippen molar-refractivity contribution in [2.75, 3.05) is 0 Å². The molecule has 1 rings (SSSR count). The molecule has 1 aromatic heterocycles. The minimum atomic E-state index is -3.34. The lowest BCUT2D eigenvalue weighted by Gasteiger charge is -2.18. The largest absolute Gasteiger partial charge is 0.475 e. The maximum absolute atomic E-state index is 12.0. The summed E-state index contributed by atoms with van der Waals surface area (Å²) in [6, 6.07) is 1.26. The Morgan fingerprint density at radius 2 is 1.94 bits per heavy atom. The van der Waals surface area contributed by atoms with E-state index in [-0.39, 0.29) is 11.5 Å². The van der Waals surface area contributed by atoms with Gasteiger partial charge >= 0.3 is 5.97 Å². The quantitative estimate of drug-likeness (QED) is 0.898. The summed E-state index contributed by atoms with van der Waals surface area (Å²) in [7, 11) is -3.34. The Morgan fingerprint density at radius 1 is 1.41 bits per heavy atom. The summed E-state index contributed by atoms with van der Waals surface area (Å²) < 4.78 is 28.0. The number of carbonyl (C=O) groups is 1. The molecule has 1 heterocycles. The molecule has 0 spiro atoms. The van der Waals surface area contributed by atoms with Gasteiger partial charge in [-0.3, -0.25) is 0 Å². The van der Waals surface area contributed by atoms with Crippen molar-refractivity contribution in [2.24, 2.45) is 0 Å². The molecule has 0 aliphatic carbocycles. The lowest BCUT2D eigenvalue weighted by atomic mass is 10.2. The van der Waals surface area contributed by atoms with Crippen molar-refractivity contribution in [1.29, 1.82) is 0 Å². The Bertz CT molecular complexity index is 531. The van der Waals surface area contributed by atoms with E-state index in [1.165, 1.54) is 6.07 Å². The minimum Gasteiger partial charge on any atom is -0.475 e. The Morgan fingerprint density at radius 3 is 2.29 bits per heavy atom. The van der Waals surface area contributed by atoms with Crippen molar-refractivity contribution in [3.05, 3.63) is 23.2 Å². The van der Waals surface area contributed by atoms with E-state index in [4.69, 9.17) is 9.52 Å². The van der Waals surface area contributed by atoms with Crippen LogP contribution in [0, 0.1) is 6.92 Å². The zero-order valence-corrected chi connectivity index (χ0v) is 11.1. The van der Waals surface area contributed by atoms with E-state index in [2.05, 4.69) is 0 Å². The molecule has 0 aromatic carbocycles. The molecule has 17 heavy (non-hydrogen) atoms. The van der Waals surface area contributed by atoms with Crippen molar-refractivity contribution in [3.63, 3.8) is 0 Å². The maximum atomic E-state index is 12.0. The van der Waals surface area contributed by atoms with Crippen LogP contribution in [-0.4, -0.2) is 24.2 Å². The van der Waals surface area contributed by atoms with Gasteiger partial charge in [-0.15, -0.1) is 0 Å². The molecule has 0 radical (unpaired) electrons. The van der Waals surface area contributed by atoms with Crippen molar-refractivity contribution in [3.8, 4) is 0 Å². The van der Waals surface area contributed by atoms with Crippen LogP contribution in [0.2, 0.25) is 0 Å². The molecule has 5 nitrogen and oxygen atoms in total. The molecule has 0 unspecified atom stereocenters. The third kappa shape index (κ3) is 2.88. The van der Waals surface area contributed by atoms with E-state index in [1.54, 1.807) is 27.7 Å². The summed E-state index contributed by atoms with van der Waals surface area (Å²) in [4.78, 5) is 10.7. The first-order chi connectivity index (χ1) is 7.54. The first-order valence-corrected chi connectivity index (χ1v) is 6.75. The average Bonchev–Trinajstić information content (AvgIpc) is 2.45. The normalized spacial score (nSPS) is 12.7. The molecule has 0 saturated heterocycles. The van der Waals surface area contributed by atoms with Crippen molar-refractivity contribution in [2.45, 2.75) is 38.2 Å². The number of furan rings is 1.